The van der Waals surface area contributed by atoms with Crippen molar-refractivity contribution in [1.29, 1.82) is 0 Å². The molecule has 1 aromatic heterocycles. The highest BCUT2D eigenvalue weighted by Gasteiger charge is 2.39. The first-order valence-electron chi connectivity index (χ1n) is 16.4. The van der Waals surface area contributed by atoms with Gasteiger partial charge >= 0.3 is 19.0 Å². The fourth-order valence-corrected chi connectivity index (χ4v) is 5.88. The summed E-state index contributed by atoms with van der Waals surface area (Å²) in [7, 11) is -4.73. The first kappa shape index (κ1) is 38.7. The molecule has 4 atom stereocenters. The maximum atomic E-state index is 12.3. The molecule has 1 aliphatic rings. The number of carbonyl (C=O) groups excluding carboxylic acids is 1. The molecule has 0 aliphatic carbocycles. The normalized spacial score (nSPS) is 19.2. The number of carbonyl (C=O) groups is 1. The molecule has 45 heavy (non-hydrogen) atoms. The Labute approximate surface area is 265 Å². The number of rotatable bonds is 25. The number of nitrogens with one attached hydrogen (secondary N) is 1. The van der Waals surface area contributed by atoms with E-state index in [1.165, 1.54) is 90.2 Å². The molecule has 256 valence electrons. The second-order valence-corrected chi connectivity index (χ2v) is 13.3. The van der Waals surface area contributed by atoms with Crippen molar-refractivity contribution in [2.24, 2.45) is 5.11 Å². The van der Waals surface area contributed by atoms with Crippen molar-refractivity contribution < 1.29 is 33.0 Å². The van der Waals surface area contributed by atoms with Crippen LogP contribution in [-0.2, 0) is 23.3 Å². The predicted molar refractivity (Wildman–Crippen MR) is 170 cm³/mol. The molecule has 15 heteroatoms. The maximum Gasteiger partial charge on any atom is 0.435 e. The zero-order valence-electron chi connectivity index (χ0n) is 26.9. The molecule has 0 spiro atoms. The Kier molecular flexibility index (Phi) is 19.0. The third-order valence-corrected chi connectivity index (χ3v) is 8.93. The molecule has 2 N–H and O–H groups in total. The fourth-order valence-electron chi connectivity index (χ4n) is 5.16. The first-order valence-corrected chi connectivity index (χ1v) is 18.0. The average Bonchev–Trinajstić information content (AvgIpc) is 3.41. The summed E-state index contributed by atoms with van der Waals surface area (Å²) in [6, 6.07) is -0.831. The van der Waals surface area contributed by atoms with Crippen LogP contribution in [0.25, 0.3) is 10.4 Å². The Morgan fingerprint density at radius 3 is 2.20 bits per heavy atom. The van der Waals surface area contributed by atoms with Crippen LogP contribution in [0.3, 0.4) is 0 Å². The van der Waals surface area contributed by atoms with E-state index in [4.69, 9.17) is 24.3 Å². The molecule has 0 radical (unpaired) electrons. The van der Waals surface area contributed by atoms with Gasteiger partial charge in [0.25, 0.3) is 5.56 Å². The van der Waals surface area contributed by atoms with Crippen LogP contribution >= 0.6 is 7.60 Å². The van der Waals surface area contributed by atoms with Crippen LogP contribution in [0.15, 0.2) is 20.9 Å². The lowest BCUT2D eigenvalue weighted by Gasteiger charge is -2.17. The second-order valence-electron chi connectivity index (χ2n) is 11.6. The van der Waals surface area contributed by atoms with Gasteiger partial charge in [-0.25, -0.2) is 14.2 Å². The van der Waals surface area contributed by atoms with E-state index < -0.39 is 49.5 Å². The largest absolute Gasteiger partial charge is 0.454 e. The molecule has 0 amide bonds. The van der Waals surface area contributed by atoms with Crippen LogP contribution in [0.1, 0.15) is 121 Å². The van der Waals surface area contributed by atoms with E-state index in [0.29, 0.717) is 19.6 Å². The molecule has 2 heterocycles. The van der Waals surface area contributed by atoms with Crippen molar-refractivity contribution in [3.8, 4) is 0 Å². The Hall–Kier alpha value is -2.47. The van der Waals surface area contributed by atoms with Crippen molar-refractivity contribution in [3.63, 3.8) is 0 Å². The molecule has 1 aliphatic heterocycles. The smallest absolute Gasteiger partial charge is 0.435 e. The van der Waals surface area contributed by atoms with Crippen molar-refractivity contribution in [1.82, 2.24) is 9.55 Å². The summed E-state index contributed by atoms with van der Waals surface area (Å²) in [4.78, 5) is 51.0. The van der Waals surface area contributed by atoms with E-state index in [-0.39, 0.29) is 18.6 Å². The predicted octanol–water partition coefficient (Wildman–Crippen LogP) is 7.04. The highest BCUT2D eigenvalue weighted by Crippen LogP contribution is 2.44. The molecule has 2 rings (SSSR count). The molecule has 0 bridgehead atoms. The monoisotopic (exact) mass is 657 g/mol. The quantitative estimate of drug-likeness (QED) is 0.0364. The van der Waals surface area contributed by atoms with Crippen LogP contribution in [0.4, 0.5) is 4.79 Å². The van der Waals surface area contributed by atoms with Crippen LogP contribution in [0.5, 0.6) is 0 Å². The number of aromatic amines is 1. The highest BCUT2D eigenvalue weighted by atomic mass is 31.2. The Morgan fingerprint density at radius 2 is 1.60 bits per heavy atom. The minimum atomic E-state index is -4.73. The van der Waals surface area contributed by atoms with E-state index in [2.05, 4.69) is 21.9 Å². The van der Waals surface area contributed by atoms with Crippen molar-refractivity contribution in [3.05, 3.63) is 43.0 Å². The van der Waals surface area contributed by atoms with Crippen LogP contribution in [-0.4, -0.2) is 58.7 Å². The van der Waals surface area contributed by atoms with E-state index in [1.807, 2.05) is 0 Å². The van der Waals surface area contributed by atoms with Gasteiger partial charge in [0.05, 0.1) is 12.6 Å². The summed E-state index contributed by atoms with van der Waals surface area (Å²) in [6.45, 7) is 4.03. The molecule has 1 aromatic rings. The summed E-state index contributed by atoms with van der Waals surface area (Å²) in [6.07, 6.45) is 17.8. The van der Waals surface area contributed by atoms with Gasteiger partial charge < -0.3 is 23.6 Å². The Bertz CT molecular complexity index is 1220. The SMILES string of the molecule is CCCCCCCCCCCCCCCCOCCCOP(=O)(O)C(=O)OC[C@H]1O[C@@H](n2cc(C)c(=O)[nH]c2=O)C[C@@H]1N=[N+]=[N-]. The number of ether oxygens (including phenoxy) is 3. The number of azide groups is 1. The number of hydrogen-bond acceptors (Lipinski definition) is 9. The lowest BCUT2D eigenvalue weighted by molar-refractivity contribution is -0.0287. The van der Waals surface area contributed by atoms with E-state index in [0.717, 1.165) is 17.4 Å². The molecule has 14 nitrogen and oxygen atoms in total. The first-order chi connectivity index (χ1) is 21.7. The van der Waals surface area contributed by atoms with Crippen LogP contribution < -0.4 is 11.2 Å². The minimum absolute atomic E-state index is 0.0598. The molecular formula is C30H52N5O9P. The lowest BCUT2D eigenvalue weighted by Crippen LogP contribution is -2.33. The van der Waals surface area contributed by atoms with Gasteiger partial charge in [-0.2, -0.15) is 0 Å². The third kappa shape index (κ3) is 15.1. The highest BCUT2D eigenvalue weighted by molar-refractivity contribution is 7.70. The van der Waals surface area contributed by atoms with E-state index in [1.54, 1.807) is 0 Å². The Balaban J connectivity index is 1.53. The maximum absolute atomic E-state index is 12.3. The fraction of sp³-hybridized carbons (Fsp3) is 0.833. The van der Waals surface area contributed by atoms with Gasteiger partial charge in [0, 0.05) is 36.3 Å². The lowest BCUT2D eigenvalue weighted by atomic mass is 10.0. The summed E-state index contributed by atoms with van der Waals surface area (Å²) in [5.74, 6) is 0. The number of aromatic nitrogens is 2. The summed E-state index contributed by atoms with van der Waals surface area (Å²) >= 11 is 0. The summed E-state index contributed by atoms with van der Waals surface area (Å²) in [5, 5.41) is 3.62. The zero-order valence-corrected chi connectivity index (χ0v) is 27.8. The minimum Gasteiger partial charge on any atom is -0.454 e. The molecule has 1 unspecified atom stereocenters. The number of aryl methyl sites for hydroxylation is 1. The number of H-pyrrole nitrogens is 1. The molecule has 1 fully saturated rings. The third-order valence-electron chi connectivity index (χ3n) is 7.80. The van der Waals surface area contributed by atoms with E-state index >= 15 is 0 Å². The Morgan fingerprint density at radius 1 is 1.02 bits per heavy atom. The average molecular weight is 658 g/mol. The number of nitrogens with zero attached hydrogens (tertiary/aromatic N) is 4. The van der Waals surface area contributed by atoms with Gasteiger partial charge in [-0.05, 0) is 25.3 Å². The van der Waals surface area contributed by atoms with Crippen molar-refractivity contribution >= 4 is 13.3 Å². The topological polar surface area (TPSA) is 195 Å². The van der Waals surface area contributed by atoms with Gasteiger partial charge in [-0.15, -0.1) is 0 Å². The van der Waals surface area contributed by atoms with Gasteiger partial charge in [-0.3, -0.25) is 14.3 Å². The standard InChI is InChI=1S/C30H52N5O9P/c1-3-4-5-6-7-8-9-10-11-12-13-14-15-16-18-41-19-17-20-43-45(39,40)30(38)42-23-26-25(33-34-31)21-27(44-26)35-22-24(2)28(36)32-29(35)37/h22,25-27H,3-21,23H2,1-2H3,(H,39,40)(H,32,36,37)/t25-,26+,27+/m0/s1. The molecule has 0 saturated carbocycles. The van der Waals surface area contributed by atoms with Crippen molar-refractivity contribution in [2.75, 3.05) is 26.4 Å². The van der Waals surface area contributed by atoms with Crippen molar-refractivity contribution in [2.45, 2.75) is 135 Å². The van der Waals surface area contributed by atoms with Gasteiger partial charge in [0.1, 0.15) is 18.9 Å². The van der Waals surface area contributed by atoms with E-state index in [9.17, 15) is 23.8 Å². The second kappa shape index (κ2) is 22.1. The van der Waals surface area contributed by atoms with Crippen LogP contribution in [0, 0.1) is 6.92 Å². The molecular weight excluding hydrogens is 605 g/mol. The molecule has 0 aromatic carbocycles. The van der Waals surface area contributed by atoms with Gasteiger partial charge in [0.2, 0.25) is 0 Å². The summed E-state index contributed by atoms with van der Waals surface area (Å²) < 4.78 is 34.6. The number of hydrogen-bond donors (Lipinski definition) is 2. The molecule has 1 saturated heterocycles. The van der Waals surface area contributed by atoms with Crippen LogP contribution in [0.2, 0.25) is 0 Å². The zero-order chi connectivity index (χ0) is 32.9. The summed E-state index contributed by atoms with van der Waals surface area (Å²) in [5.41, 5.74) is 6.44. The van der Waals surface area contributed by atoms with Gasteiger partial charge in [-0.1, -0.05) is 95.5 Å². The van der Waals surface area contributed by atoms with Gasteiger partial charge in [0.15, 0.2) is 0 Å². The number of unbranched alkanes of at least 4 members (excludes halogenated alkanes) is 13.